The van der Waals surface area contributed by atoms with Crippen LogP contribution in [0.1, 0.15) is 60.4 Å². The molecule has 2 amide bonds. The first-order valence-corrected chi connectivity index (χ1v) is 7.11. The molecule has 0 spiro atoms. The summed E-state index contributed by atoms with van der Waals surface area (Å²) >= 11 is 0. The normalized spacial score (nSPS) is 14.8. The lowest BCUT2D eigenvalue weighted by molar-refractivity contribution is 0.0474. The van der Waals surface area contributed by atoms with Crippen LogP contribution in [0.15, 0.2) is 12.1 Å². The number of hydrogen-bond acceptors (Lipinski definition) is 3. The number of rotatable bonds is 4. The van der Waals surface area contributed by atoms with Crippen LogP contribution >= 0.6 is 0 Å². The molecule has 108 valence electrons. The third-order valence-corrected chi connectivity index (χ3v) is 4.23. The van der Waals surface area contributed by atoms with Gasteiger partial charge in [-0.2, -0.15) is 0 Å². The standard InChI is InChI=1S/C16H22N2O2/c1-6-10-8-11-12(9-13(10)17-5)15(20)18(14(11)19)16(3,4)7-2/h8-9,17H,6-7H2,1-5H3. The highest BCUT2D eigenvalue weighted by Crippen LogP contribution is 2.34. The van der Waals surface area contributed by atoms with E-state index in [9.17, 15) is 9.59 Å². The van der Waals surface area contributed by atoms with Crippen molar-refractivity contribution in [3.8, 4) is 0 Å². The maximum absolute atomic E-state index is 12.6. The van der Waals surface area contributed by atoms with Crippen LogP contribution in [0, 0.1) is 0 Å². The van der Waals surface area contributed by atoms with Crippen molar-refractivity contribution in [2.45, 2.75) is 46.1 Å². The Bertz CT molecular complexity index is 533. The van der Waals surface area contributed by atoms with Gasteiger partial charge in [-0.05, 0) is 44.4 Å². The molecule has 1 aromatic rings. The lowest BCUT2D eigenvalue weighted by atomic mass is 9.99. The molecule has 0 bridgehead atoms. The zero-order valence-corrected chi connectivity index (χ0v) is 12.8. The largest absolute Gasteiger partial charge is 0.388 e. The predicted molar refractivity (Wildman–Crippen MR) is 80.2 cm³/mol. The van der Waals surface area contributed by atoms with Gasteiger partial charge in [0.1, 0.15) is 0 Å². The maximum Gasteiger partial charge on any atom is 0.262 e. The van der Waals surface area contributed by atoms with Gasteiger partial charge in [-0.3, -0.25) is 14.5 Å². The van der Waals surface area contributed by atoms with E-state index < -0.39 is 5.54 Å². The monoisotopic (exact) mass is 274 g/mol. The van der Waals surface area contributed by atoms with Crippen molar-refractivity contribution in [1.29, 1.82) is 0 Å². The van der Waals surface area contributed by atoms with Crippen LogP contribution in [0.3, 0.4) is 0 Å². The van der Waals surface area contributed by atoms with E-state index in [1.165, 1.54) is 4.90 Å². The van der Waals surface area contributed by atoms with Crippen molar-refractivity contribution in [3.63, 3.8) is 0 Å². The molecule has 20 heavy (non-hydrogen) atoms. The summed E-state index contributed by atoms with van der Waals surface area (Å²) in [6, 6.07) is 3.66. The van der Waals surface area contributed by atoms with E-state index >= 15 is 0 Å². The number of nitrogens with one attached hydrogen (secondary N) is 1. The van der Waals surface area contributed by atoms with E-state index in [4.69, 9.17) is 0 Å². The van der Waals surface area contributed by atoms with Gasteiger partial charge in [-0.25, -0.2) is 0 Å². The van der Waals surface area contributed by atoms with Gasteiger partial charge in [0.05, 0.1) is 11.1 Å². The summed E-state index contributed by atoms with van der Waals surface area (Å²) in [5, 5.41) is 3.10. The second-order valence-corrected chi connectivity index (χ2v) is 5.77. The lowest BCUT2D eigenvalue weighted by Gasteiger charge is -2.32. The molecular weight excluding hydrogens is 252 g/mol. The fraction of sp³-hybridized carbons (Fsp3) is 0.500. The molecule has 1 N–H and O–H groups in total. The molecule has 0 unspecified atom stereocenters. The summed E-state index contributed by atoms with van der Waals surface area (Å²) in [7, 11) is 1.83. The number of nitrogens with zero attached hydrogens (tertiary/aromatic N) is 1. The van der Waals surface area contributed by atoms with Crippen molar-refractivity contribution < 1.29 is 9.59 Å². The lowest BCUT2D eigenvalue weighted by Crippen LogP contribution is -2.47. The van der Waals surface area contributed by atoms with Crippen LogP contribution in [0.5, 0.6) is 0 Å². The van der Waals surface area contributed by atoms with E-state index in [2.05, 4.69) is 5.32 Å². The van der Waals surface area contributed by atoms with Crippen LogP contribution in [0.4, 0.5) is 5.69 Å². The van der Waals surface area contributed by atoms with Crippen molar-refractivity contribution in [1.82, 2.24) is 4.90 Å². The molecule has 0 saturated heterocycles. The summed E-state index contributed by atoms with van der Waals surface area (Å²) < 4.78 is 0. The first-order chi connectivity index (χ1) is 9.37. The molecule has 1 heterocycles. The van der Waals surface area contributed by atoms with E-state index in [0.717, 1.165) is 24.1 Å². The van der Waals surface area contributed by atoms with Gasteiger partial charge in [-0.1, -0.05) is 13.8 Å². The number of imide groups is 1. The van der Waals surface area contributed by atoms with Crippen LogP contribution < -0.4 is 5.32 Å². The van der Waals surface area contributed by atoms with Gasteiger partial charge in [-0.15, -0.1) is 0 Å². The van der Waals surface area contributed by atoms with Crippen molar-refractivity contribution in [3.05, 3.63) is 28.8 Å². The minimum atomic E-state index is -0.459. The van der Waals surface area contributed by atoms with Crippen LogP contribution in [0.2, 0.25) is 0 Å². The van der Waals surface area contributed by atoms with Gasteiger partial charge in [0.15, 0.2) is 0 Å². The number of carbonyl (C=O) groups excluding carboxylic acids is 2. The zero-order valence-electron chi connectivity index (χ0n) is 12.8. The quantitative estimate of drug-likeness (QED) is 0.858. The number of carbonyl (C=O) groups is 2. The number of aryl methyl sites for hydroxylation is 1. The van der Waals surface area contributed by atoms with Crippen molar-refractivity contribution in [2.75, 3.05) is 12.4 Å². The SMILES string of the molecule is CCc1cc2c(cc1NC)C(=O)N(C(C)(C)CC)C2=O. The van der Waals surface area contributed by atoms with E-state index in [0.29, 0.717) is 11.1 Å². The zero-order chi connectivity index (χ0) is 15.1. The van der Waals surface area contributed by atoms with Crippen molar-refractivity contribution in [2.24, 2.45) is 0 Å². The summed E-state index contributed by atoms with van der Waals surface area (Å²) in [5.41, 5.74) is 2.57. The molecule has 0 atom stereocenters. The number of hydrogen-bond donors (Lipinski definition) is 1. The van der Waals surface area contributed by atoms with Crippen molar-refractivity contribution >= 4 is 17.5 Å². The summed E-state index contributed by atoms with van der Waals surface area (Å²) in [6.07, 6.45) is 1.56. The Morgan fingerprint density at radius 1 is 1.10 bits per heavy atom. The molecule has 0 saturated carbocycles. The minimum absolute atomic E-state index is 0.172. The van der Waals surface area contributed by atoms with E-state index in [1.807, 2.05) is 40.8 Å². The summed E-state index contributed by atoms with van der Waals surface area (Å²) in [5.74, 6) is -0.356. The Morgan fingerprint density at radius 2 is 1.65 bits per heavy atom. The average Bonchev–Trinajstić information content (AvgIpc) is 2.69. The second-order valence-electron chi connectivity index (χ2n) is 5.77. The minimum Gasteiger partial charge on any atom is -0.388 e. The molecule has 4 heteroatoms. The first kappa shape index (κ1) is 14.6. The van der Waals surface area contributed by atoms with Gasteiger partial charge in [0.2, 0.25) is 0 Å². The maximum atomic E-state index is 12.6. The molecule has 4 nitrogen and oxygen atoms in total. The molecule has 1 aliphatic heterocycles. The Hall–Kier alpha value is -1.84. The third kappa shape index (κ3) is 1.99. The van der Waals surface area contributed by atoms with Gasteiger partial charge in [0, 0.05) is 18.3 Å². The van der Waals surface area contributed by atoms with Gasteiger partial charge >= 0.3 is 0 Å². The number of amides is 2. The summed E-state index contributed by atoms with van der Waals surface area (Å²) in [4.78, 5) is 26.5. The molecule has 0 aromatic heterocycles. The summed E-state index contributed by atoms with van der Waals surface area (Å²) in [6.45, 7) is 7.88. The molecule has 2 rings (SSSR count). The predicted octanol–water partition coefficient (Wildman–Crippen LogP) is 3.08. The fourth-order valence-corrected chi connectivity index (χ4v) is 2.56. The number of benzene rings is 1. The van der Waals surface area contributed by atoms with Crippen LogP contribution in [0.25, 0.3) is 0 Å². The van der Waals surface area contributed by atoms with Gasteiger partial charge < -0.3 is 5.32 Å². The molecule has 0 fully saturated rings. The fourth-order valence-electron chi connectivity index (χ4n) is 2.56. The molecule has 1 aromatic carbocycles. The Kier molecular flexibility index (Phi) is 3.59. The molecule has 0 radical (unpaired) electrons. The topological polar surface area (TPSA) is 49.4 Å². The molecule has 0 aliphatic carbocycles. The average molecular weight is 274 g/mol. The number of fused-ring (bicyclic) bond motifs is 1. The van der Waals surface area contributed by atoms with E-state index in [-0.39, 0.29) is 11.8 Å². The second kappa shape index (κ2) is 4.93. The number of anilines is 1. The smallest absolute Gasteiger partial charge is 0.262 e. The van der Waals surface area contributed by atoms with Crippen LogP contribution in [-0.2, 0) is 6.42 Å². The first-order valence-electron chi connectivity index (χ1n) is 7.11. The highest BCUT2D eigenvalue weighted by Gasteiger charge is 2.43. The highest BCUT2D eigenvalue weighted by atomic mass is 16.2. The van der Waals surface area contributed by atoms with E-state index in [1.54, 1.807) is 6.07 Å². The Labute approximate surface area is 120 Å². The molecule has 1 aliphatic rings. The van der Waals surface area contributed by atoms with Gasteiger partial charge in [0.25, 0.3) is 11.8 Å². The molecular formula is C16H22N2O2. The Morgan fingerprint density at radius 3 is 2.10 bits per heavy atom. The highest BCUT2D eigenvalue weighted by molar-refractivity contribution is 6.22. The van der Waals surface area contributed by atoms with Crippen LogP contribution in [-0.4, -0.2) is 29.3 Å². The third-order valence-electron chi connectivity index (χ3n) is 4.23. The Balaban J connectivity index is 2.57.